The van der Waals surface area contributed by atoms with E-state index in [1.165, 1.54) is 0 Å². The molecular formula is C23H32N4O3. The van der Waals surface area contributed by atoms with Gasteiger partial charge in [0.1, 0.15) is 11.5 Å². The highest BCUT2D eigenvalue weighted by Gasteiger charge is 2.13. The summed E-state index contributed by atoms with van der Waals surface area (Å²) in [5.41, 5.74) is 2.04. The lowest BCUT2D eigenvalue weighted by atomic mass is 10.2. The van der Waals surface area contributed by atoms with Gasteiger partial charge in [-0.1, -0.05) is 30.3 Å². The molecule has 2 aromatic rings. The molecule has 0 aliphatic carbocycles. The number of carbonyl (C=O) groups is 1. The third kappa shape index (κ3) is 6.99. The van der Waals surface area contributed by atoms with Crippen molar-refractivity contribution in [1.29, 1.82) is 0 Å². The smallest absolute Gasteiger partial charge is 0.242 e. The summed E-state index contributed by atoms with van der Waals surface area (Å²) in [7, 11) is 3.24. The quantitative estimate of drug-likeness (QED) is 0.464. The molecule has 2 rings (SSSR count). The van der Waals surface area contributed by atoms with Gasteiger partial charge in [0.2, 0.25) is 5.91 Å². The average Bonchev–Trinajstić information content (AvgIpc) is 2.79. The fraction of sp³-hybridized carbons (Fsp3) is 0.391. The van der Waals surface area contributed by atoms with Crippen LogP contribution >= 0.6 is 0 Å². The highest BCUT2D eigenvalue weighted by molar-refractivity contribution is 5.86. The van der Waals surface area contributed by atoms with Crippen molar-refractivity contribution >= 4 is 11.9 Å². The molecule has 7 nitrogen and oxygen atoms in total. The number of carbonyl (C=O) groups excluding carboxylic acids is 1. The summed E-state index contributed by atoms with van der Waals surface area (Å²) < 4.78 is 10.7. The van der Waals surface area contributed by atoms with Crippen molar-refractivity contribution < 1.29 is 14.3 Å². The first kappa shape index (κ1) is 23.1. The Hall–Kier alpha value is -3.22. The van der Waals surface area contributed by atoms with Crippen LogP contribution in [-0.4, -0.2) is 50.6 Å². The lowest BCUT2D eigenvalue weighted by Gasteiger charge is -2.22. The second-order valence-corrected chi connectivity index (χ2v) is 6.62. The van der Waals surface area contributed by atoms with E-state index in [1.807, 2.05) is 67.3 Å². The van der Waals surface area contributed by atoms with Crippen LogP contribution in [0, 0.1) is 0 Å². The summed E-state index contributed by atoms with van der Waals surface area (Å²) in [6.45, 7) is 6.49. The largest absolute Gasteiger partial charge is 0.497 e. The molecule has 0 saturated carbocycles. The number of nitrogens with one attached hydrogen (secondary N) is 2. The molecule has 0 unspecified atom stereocenters. The van der Waals surface area contributed by atoms with E-state index in [-0.39, 0.29) is 12.5 Å². The molecule has 0 aromatic heterocycles. The Kier molecular flexibility index (Phi) is 9.51. The second-order valence-electron chi connectivity index (χ2n) is 6.62. The monoisotopic (exact) mass is 412 g/mol. The van der Waals surface area contributed by atoms with Crippen molar-refractivity contribution in [3.8, 4) is 11.5 Å². The minimum Gasteiger partial charge on any atom is -0.497 e. The SMILES string of the molecule is CCNC(=NCc1ccc(OC)cc1OC)NCC(=O)N(CC)Cc1ccccc1. The van der Waals surface area contributed by atoms with E-state index in [0.717, 1.165) is 16.9 Å². The van der Waals surface area contributed by atoms with Crippen molar-refractivity contribution in [1.82, 2.24) is 15.5 Å². The Morgan fingerprint density at radius 3 is 2.43 bits per heavy atom. The molecule has 0 saturated heterocycles. The normalized spacial score (nSPS) is 11.0. The van der Waals surface area contributed by atoms with Gasteiger partial charge >= 0.3 is 0 Å². The van der Waals surface area contributed by atoms with Crippen LogP contribution in [0.1, 0.15) is 25.0 Å². The van der Waals surface area contributed by atoms with Crippen LogP contribution in [-0.2, 0) is 17.9 Å². The van der Waals surface area contributed by atoms with Crippen LogP contribution in [0.25, 0.3) is 0 Å². The van der Waals surface area contributed by atoms with Gasteiger partial charge in [0, 0.05) is 31.3 Å². The number of benzene rings is 2. The lowest BCUT2D eigenvalue weighted by Crippen LogP contribution is -2.44. The number of ether oxygens (including phenoxy) is 2. The summed E-state index contributed by atoms with van der Waals surface area (Å²) in [5.74, 6) is 2.05. The minimum absolute atomic E-state index is 0.0222. The summed E-state index contributed by atoms with van der Waals surface area (Å²) in [6.07, 6.45) is 0. The van der Waals surface area contributed by atoms with Gasteiger partial charge in [0.05, 0.1) is 27.3 Å². The molecule has 1 amide bonds. The van der Waals surface area contributed by atoms with Gasteiger partial charge in [-0.25, -0.2) is 4.99 Å². The highest BCUT2D eigenvalue weighted by Crippen LogP contribution is 2.25. The molecular weight excluding hydrogens is 380 g/mol. The maximum Gasteiger partial charge on any atom is 0.242 e. The van der Waals surface area contributed by atoms with Crippen LogP contribution < -0.4 is 20.1 Å². The Morgan fingerprint density at radius 2 is 1.80 bits per heavy atom. The maximum absolute atomic E-state index is 12.7. The van der Waals surface area contributed by atoms with Gasteiger partial charge in [-0.05, 0) is 31.5 Å². The van der Waals surface area contributed by atoms with Crippen LogP contribution in [0.2, 0.25) is 0 Å². The van der Waals surface area contributed by atoms with Gasteiger partial charge in [0.25, 0.3) is 0 Å². The molecule has 0 heterocycles. The van der Waals surface area contributed by atoms with E-state index in [4.69, 9.17) is 9.47 Å². The molecule has 0 bridgehead atoms. The van der Waals surface area contributed by atoms with E-state index in [9.17, 15) is 4.79 Å². The molecule has 0 radical (unpaired) electrons. The van der Waals surface area contributed by atoms with Crippen LogP contribution in [0.3, 0.4) is 0 Å². The first-order valence-electron chi connectivity index (χ1n) is 10.2. The van der Waals surface area contributed by atoms with Gasteiger partial charge in [-0.2, -0.15) is 0 Å². The standard InChI is InChI=1S/C23H32N4O3/c1-5-24-23(25-15-19-12-13-20(29-3)14-21(19)30-4)26-16-22(28)27(6-2)17-18-10-8-7-9-11-18/h7-14H,5-6,15-17H2,1-4H3,(H2,24,25,26). The molecule has 0 aliphatic heterocycles. The van der Waals surface area contributed by atoms with Crippen molar-refractivity contribution in [2.75, 3.05) is 33.9 Å². The Morgan fingerprint density at radius 1 is 1.03 bits per heavy atom. The number of hydrogen-bond donors (Lipinski definition) is 2. The molecule has 2 aromatic carbocycles. The van der Waals surface area contributed by atoms with E-state index < -0.39 is 0 Å². The molecule has 0 atom stereocenters. The molecule has 0 aliphatic rings. The highest BCUT2D eigenvalue weighted by atomic mass is 16.5. The third-order valence-electron chi connectivity index (χ3n) is 4.60. The Balaban J connectivity index is 1.99. The van der Waals surface area contributed by atoms with Crippen molar-refractivity contribution in [3.05, 3.63) is 59.7 Å². The molecule has 0 spiro atoms. The number of methoxy groups -OCH3 is 2. The number of likely N-dealkylation sites (N-methyl/N-ethyl adjacent to an activating group) is 1. The average molecular weight is 413 g/mol. The summed E-state index contributed by atoms with van der Waals surface area (Å²) in [5, 5.41) is 6.31. The number of rotatable bonds is 10. The summed E-state index contributed by atoms with van der Waals surface area (Å²) >= 11 is 0. The molecule has 30 heavy (non-hydrogen) atoms. The van der Waals surface area contributed by atoms with E-state index >= 15 is 0 Å². The number of amides is 1. The lowest BCUT2D eigenvalue weighted by molar-refractivity contribution is -0.130. The van der Waals surface area contributed by atoms with Crippen molar-refractivity contribution in [3.63, 3.8) is 0 Å². The predicted octanol–water partition coefficient (Wildman–Crippen LogP) is 2.81. The van der Waals surface area contributed by atoms with Crippen LogP contribution in [0.15, 0.2) is 53.5 Å². The molecule has 162 valence electrons. The first-order valence-corrected chi connectivity index (χ1v) is 10.2. The van der Waals surface area contributed by atoms with Crippen LogP contribution in [0.4, 0.5) is 0 Å². The molecule has 0 fully saturated rings. The second kappa shape index (κ2) is 12.4. The molecule has 2 N–H and O–H groups in total. The van der Waals surface area contributed by atoms with Crippen molar-refractivity contribution in [2.24, 2.45) is 4.99 Å². The predicted molar refractivity (Wildman–Crippen MR) is 120 cm³/mol. The van der Waals surface area contributed by atoms with Gasteiger partial charge in [-0.15, -0.1) is 0 Å². The zero-order valence-corrected chi connectivity index (χ0v) is 18.3. The Bertz CT molecular complexity index is 824. The Labute approximate surface area is 179 Å². The van der Waals surface area contributed by atoms with Gasteiger partial charge < -0.3 is 25.0 Å². The van der Waals surface area contributed by atoms with Gasteiger partial charge in [0.15, 0.2) is 5.96 Å². The third-order valence-corrected chi connectivity index (χ3v) is 4.60. The van der Waals surface area contributed by atoms with E-state index in [1.54, 1.807) is 14.2 Å². The van der Waals surface area contributed by atoms with Gasteiger partial charge in [-0.3, -0.25) is 4.79 Å². The van der Waals surface area contributed by atoms with E-state index in [0.29, 0.717) is 37.9 Å². The summed E-state index contributed by atoms with van der Waals surface area (Å²) in [4.78, 5) is 19.1. The zero-order chi connectivity index (χ0) is 21.8. The first-order chi connectivity index (χ1) is 14.6. The number of nitrogens with zero attached hydrogens (tertiary/aromatic N) is 2. The number of guanidine groups is 1. The number of aliphatic imine (C=N–C) groups is 1. The fourth-order valence-electron chi connectivity index (χ4n) is 2.94. The topological polar surface area (TPSA) is 75.2 Å². The minimum atomic E-state index is 0.0222. The van der Waals surface area contributed by atoms with E-state index in [2.05, 4.69) is 15.6 Å². The fourth-order valence-corrected chi connectivity index (χ4v) is 2.94. The number of hydrogen-bond acceptors (Lipinski definition) is 4. The zero-order valence-electron chi connectivity index (χ0n) is 18.3. The van der Waals surface area contributed by atoms with Crippen molar-refractivity contribution in [2.45, 2.75) is 26.9 Å². The molecule has 7 heteroatoms. The van der Waals surface area contributed by atoms with Crippen LogP contribution in [0.5, 0.6) is 11.5 Å². The summed E-state index contributed by atoms with van der Waals surface area (Å²) in [6, 6.07) is 15.6. The maximum atomic E-state index is 12.7.